The summed E-state index contributed by atoms with van der Waals surface area (Å²) >= 11 is 0. The summed E-state index contributed by atoms with van der Waals surface area (Å²) in [5.41, 5.74) is 5.86. The van der Waals surface area contributed by atoms with E-state index in [9.17, 15) is 9.18 Å². The molecule has 4 N–H and O–H groups in total. The van der Waals surface area contributed by atoms with Gasteiger partial charge in [-0.25, -0.2) is 9.18 Å². The van der Waals surface area contributed by atoms with Crippen molar-refractivity contribution in [3.05, 3.63) is 42.0 Å². The van der Waals surface area contributed by atoms with Gasteiger partial charge in [0.1, 0.15) is 5.82 Å². The third-order valence-electron chi connectivity index (χ3n) is 2.79. The Morgan fingerprint density at radius 3 is 2.95 bits per heavy atom. The molecule has 2 rings (SSSR count). The van der Waals surface area contributed by atoms with Gasteiger partial charge >= 0.3 is 5.97 Å². The molecule has 0 amide bonds. The number of nitrogens with one attached hydrogen (secondary N) is 1. The van der Waals surface area contributed by atoms with E-state index in [2.05, 4.69) is 10.4 Å². The van der Waals surface area contributed by atoms with Crippen LogP contribution in [0, 0.1) is 5.82 Å². The van der Waals surface area contributed by atoms with Crippen LogP contribution in [0.4, 0.5) is 15.8 Å². The Bertz CT molecular complexity index is 613. The quantitative estimate of drug-likeness (QED) is 0.725. The highest BCUT2D eigenvalue weighted by atomic mass is 19.1. The Labute approximate surface area is 115 Å². The first-order chi connectivity index (χ1) is 9.47. The number of rotatable bonds is 5. The van der Waals surface area contributed by atoms with Crippen LogP contribution in [0.25, 0.3) is 0 Å². The molecule has 0 radical (unpaired) electrons. The first-order valence-electron chi connectivity index (χ1n) is 6.03. The number of hydrogen-bond donors (Lipinski definition) is 3. The maximum absolute atomic E-state index is 13.6. The number of carbonyl (C=O) groups is 1. The molecule has 2 aromatic rings. The van der Waals surface area contributed by atoms with Gasteiger partial charge in [0.2, 0.25) is 0 Å². The maximum Gasteiger partial charge on any atom is 0.338 e. The second kappa shape index (κ2) is 5.60. The van der Waals surface area contributed by atoms with Crippen molar-refractivity contribution >= 4 is 17.3 Å². The lowest BCUT2D eigenvalue weighted by Gasteiger charge is -2.17. The highest BCUT2D eigenvalue weighted by Gasteiger charge is 2.15. The molecule has 0 spiro atoms. The number of carboxylic acid groups (broad SMARTS) is 1. The average molecular weight is 278 g/mol. The van der Waals surface area contributed by atoms with Gasteiger partial charge in [0.05, 0.1) is 23.5 Å². The molecule has 0 saturated carbocycles. The minimum absolute atomic E-state index is 0.0488. The second-order valence-corrected chi connectivity index (χ2v) is 4.50. The van der Waals surface area contributed by atoms with Crippen LogP contribution in [0.15, 0.2) is 30.6 Å². The van der Waals surface area contributed by atoms with Crippen LogP contribution < -0.4 is 11.1 Å². The Hall–Kier alpha value is -2.57. The fourth-order valence-electron chi connectivity index (χ4n) is 1.88. The zero-order chi connectivity index (χ0) is 14.7. The summed E-state index contributed by atoms with van der Waals surface area (Å²) in [6, 6.07) is 3.97. The van der Waals surface area contributed by atoms with Crippen LogP contribution in [0.3, 0.4) is 0 Å². The van der Waals surface area contributed by atoms with Crippen molar-refractivity contribution in [3.8, 4) is 0 Å². The molecule has 1 aromatic carbocycles. The van der Waals surface area contributed by atoms with Crippen molar-refractivity contribution in [2.45, 2.75) is 19.5 Å². The third kappa shape index (κ3) is 3.05. The SMILES string of the molecule is CC(Cn1cccn1)Nc1cc(F)c(C(=O)O)cc1N. The molecule has 0 bridgehead atoms. The molecular weight excluding hydrogens is 263 g/mol. The van der Waals surface area contributed by atoms with E-state index in [0.29, 0.717) is 12.2 Å². The van der Waals surface area contributed by atoms with E-state index in [1.165, 1.54) is 0 Å². The third-order valence-corrected chi connectivity index (χ3v) is 2.79. The molecule has 6 nitrogen and oxygen atoms in total. The Balaban J connectivity index is 2.13. The van der Waals surface area contributed by atoms with Gasteiger partial charge < -0.3 is 16.2 Å². The van der Waals surface area contributed by atoms with E-state index < -0.39 is 17.3 Å². The van der Waals surface area contributed by atoms with Crippen molar-refractivity contribution in [2.75, 3.05) is 11.1 Å². The molecule has 1 unspecified atom stereocenters. The van der Waals surface area contributed by atoms with Crippen molar-refractivity contribution in [2.24, 2.45) is 0 Å². The van der Waals surface area contributed by atoms with Crippen molar-refractivity contribution in [3.63, 3.8) is 0 Å². The Morgan fingerprint density at radius 2 is 2.35 bits per heavy atom. The number of carboxylic acids is 1. The van der Waals surface area contributed by atoms with Gasteiger partial charge in [0.25, 0.3) is 0 Å². The van der Waals surface area contributed by atoms with Gasteiger partial charge in [-0.05, 0) is 25.1 Å². The van der Waals surface area contributed by atoms with Crippen LogP contribution in [0.1, 0.15) is 17.3 Å². The summed E-state index contributed by atoms with van der Waals surface area (Å²) in [5.74, 6) is -2.16. The number of aromatic nitrogens is 2. The monoisotopic (exact) mass is 278 g/mol. The van der Waals surface area contributed by atoms with Crippen molar-refractivity contribution in [1.29, 1.82) is 0 Å². The van der Waals surface area contributed by atoms with Gasteiger partial charge in [0.15, 0.2) is 0 Å². The van der Waals surface area contributed by atoms with E-state index in [0.717, 1.165) is 12.1 Å². The standard InChI is InChI=1S/C13H15FN4O2/c1-8(7-18-4-2-3-16-18)17-12-6-10(14)9(13(19)20)5-11(12)15/h2-6,8,17H,7,15H2,1H3,(H,19,20). The molecule has 0 aliphatic heterocycles. The number of hydrogen-bond acceptors (Lipinski definition) is 4. The number of halogens is 1. The van der Waals surface area contributed by atoms with Crippen LogP contribution in [0.2, 0.25) is 0 Å². The largest absolute Gasteiger partial charge is 0.478 e. The highest BCUT2D eigenvalue weighted by Crippen LogP contribution is 2.24. The van der Waals surface area contributed by atoms with E-state index in [-0.39, 0.29) is 11.7 Å². The number of aromatic carboxylic acids is 1. The molecule has 7 heteroatoms. The zero-order valence-corrected chi connectivity index (χ0v) is 10.9. The molecule has 0 aliphatic carbocycles. The maximum atomic E-state index is 13.6. The minimum Gasteiger partial charge on any atom is -0.478 e. The topological polar surface area (TPSA) is 93.2 Å². The number of anilines is 2. The molecule has 20 heavy (non-hydrogen) atoms. The first-order valence-corrected chi connectivity index (χ1v) is 6.03. The number of nitrogen functional groups attached to an aromatic ring is 1. The summed E-state index contributed by atoms with van der Waals surface area (Å²) < 4.78 is 15.3. The van der Waals surface area contributed by atoms with Crippen LogP contribution in [-0.4, -0.2) is 26.9 Å². The van der Waals surface area contributed by atoms with E-state index in [4.69, 9.17) is 10.8 Å². The summed E-state index contributed by atoms with van der Waals surface area (Å²) in [6.07, 6.45) is 3.48. The van der Waals surface area contributed by atoms with Crippen LogP contribution >= 0.6 is 0 Å². The lowest BCUT2D eigenvalue weighted by molar-refractivity contribution is 0.0692. The molecule has 0 saturated heterocycles. The molecule has 1 heterocycles. The van der Waals surface area contributed by atoms with E-state index in [1.807, 2.05) is 19.2 Å². The van der Waals surface area contributed by atoms with Gasteiger partial charge in [-0.2, -0.15) is 5.10 Å². The predicted molar refractivity (Wildman–Crippen MR) is 73.1 cm³/mol. The smallest absolute Gasteiger partial charge is 0.338 e. The normalized spacial score (nSPS) is 12.1. The Morgan fingerprint density at radius 1 is 1.60 bits per heavy atom. The molecule has 0 aliphatic rings. The molecule has 106 valence electrons. The summed E-state index contributed by atoms with van der Waals surface area (Å²) in [5, 5.41) is 15.9. The fraction of sp³-hybridized carbons (Fsp3) is 0.231. The van der Waals surface area contributed by atoms with Gasteiger partial charge in [0, 0.05) is 18.4 Å². The van der Waals surface area contributed by atoms with Gasteiger partial charge in [-0.3, -0.25) is 4.68 Å². The van der Waals surface area contributed by atoms with E-state index >= 15 is 0 Å². The lowest BCUT2D eigenvalue weighted by Crippen LogP contribution is -2.23. The molecular formula is C13H15FN4O2. The van der Waals surface area contributed by atoms with Crippen LogP contribution in [-0.2, 0) is 6.54 Å². The fourth-order valence-corrected chi connectivity index (χ4v) is 1.88. The van der Waals surface area contributed by atoms with E-state index in [1.54, 1.807) is 10.9 Å². The minimum atomic E-state index is -1.34. The second-order valence-electron chi connectivity index (χ2n) is 4.50. The van der Waals surface area contributed by atoms with Crippen molar-refractivity contribution < 1.29 is 14.3 Å². The van der Waals surface area contributed by atoms with Gasteiger partial charge in [-0.1, -0.05) is 0 Å². The number of nitrogens with zero attached hydrogens (tertiary/aromatic N) is 2. The highest BCUT2D eigenvalue weighted by molar-refractivity contribution is 5.90. The average Bonchev–Trinajstić information content (AvgIpc) is 2.85. The van der Waals surface area contributed by atoms with Crippen LogP contribution in [0.5, 0.6) is 0 Å². The zero-order valence-electron chi connectivity index (χ0n) is 10.9. The first kappa shape index (κ1) is 13.9. The van der Waals surface area contributed by atoms with Crippen molar-refractivity contribution in [1.82, 2.24) is 9.78 Å². The number of benzene rings is 1. The summed E-state index contributed by atoms with van der Waals surface area (Å²) in [6.45, 7) is 2.47. The predicted octanol–water partition coefficient (Wildman–Crippen LogP) is 1.80. The van der Waals surface area contributed by atoms with Gasteiger partial charge in [-0.15, -0.1) is 0 Å². The molecule has 0 fully saturated rings. The number of nitrogens with two attached hydrogens (primary N) is 1. The summed E-state index contributed by atoms with van der Waals surface area (Å²) in [7, 11) is 0. The Kier molecular flexibility index (Phi) is 3.88. The summed E-state index contributed by atoms with van der Waals surface area (Å²) in [4.78, 5) is 10.8. The lowest BCUT2D eigenvalue weighted by atomic mass is 10.1. The molecule has 1 atom stereocenters. The molecule has 1 aromatic heterocycles.